The Morgan fingerprint density at radius 2 is 1.12 bits per heavy atom. The molecule has 2 amide bonds. The molecule has 3 rings (SSSR count). The minimum Gasteiger partial charge on any atom is -0.348 e. The molecule has 26 heavy (non-hydrogen) atoms. The Morgan fingerprint density at radius 1 is 0.692 bits per heavy atom. The van der Waals surface area contributed by atoms with Crippen LogP contribution in [0.15, 0.2) is 79.1 Å². The maximum Gasteiger partial charge on any atom is 0.253 e. The van der Waals surface area contributed by atoms with Gasteiger partial charge in [0.1, 0.15) is 0 Å². The number of nitrogens with zero attached hydrogens (tertiary/aromatic N) is 1. The monoisotopic (exact) mass is 345 g/mol. The van der Waals surface area contributed by atoms with Crippen molar-refractivity contribution in [1.82, 2.24) is 15.6 Å². The second kappa shape index (κ2) is 8.58. The van der Waals surface area contributed by atoms with Crippen LogP contribution in [0.4, 0.5) is 0 Å². The fraction of sp³-hybridized carbons (Fsp3) is 0.0952. The van der Waals surface area contributed by atoms with Crippen molar-refractivity contribution < 1.29 is 9.59 Å². The molecule has 0 aliphatic heterocycles. The van der Waals surface area contributed by atoms with Gasteiger partial charge in [-0.1, -0.05) is 60.7 Å². The molecule has 0 bridgehead atoms. The summed E-state index contributed by atoms with van der Waals surface area (Å²) in [4.78, 5) is 28.6. The molecule has 0 saturated carbocycles. The Balaban J connectivity index is 1.60. The first-order chi connectivity index (χ1) is 12.7. The van der Waals surface area contributed by atoms with Crippen LogP contribution in [0.25, 0.3) is 0 Å². The summed E-state index contributed by atoms with van der Waals surface area (Å²) in [6.45, 7) is 0.841. The maximum atomic E-state index is 12.3. The number of amides is 2. The van der Waals surface area contributed by atoms with Gasteiger partial charge in [0.2, 0.25) is 0 Å². The van der Waals surface area contributed by atoms with Crippen molar-refractivity contribution in [3.05, 3.63) is 101 Å². The van der Waals surface area contributed by atoms with Gasteiger partial charge in [0, 0.05) is 25.5 Å². The summed E-state index contributed by atoms with van der Waals surface area (Å²) in [6.07, 6.45) is 2.91. The molecule has 0 atom stereocenters. The second-order valence-corrected chi connectivity index (χ2v) is 5.80. The average Bonchev–Trinajstić information content (AvgIpc) is 2.72. The summed E-state index contributed by atoms with van der Waals surface area (Å²) < 4.78 is 0. The zero-order valence-electron chi connectivity index (χ0n) is 14.2. The van der Waals surface area contributed by atoms with E-state index in [0.717, 1.165) is 11.1 Å². The number of carbonyl (C=O) groups excluding carboxylic acids is 2. The molecular weight excluding hydrogens is 326 g/mol. The van der Waals surface area contributed by atoms with Gasteiger partial charge in [-0.15, -0.1) is 0 Å². The van der Waals surface area contributed by atoms with Gasteiger partial charge in [-0.2, -0.15) is 0 Å². The quantitative estimate of drug-likeness (QED) is 0.721. The van der Waals surface area contributed by atoms with Crippen molar-refractivity contribution in [2.24, 2.45) is 0 Å². The lowest BCUT2D eigenvalue weighted by Crippen LogP contribution is -2.25. The first kappa shape index (κ1) is 17.4. The Labute approximate surface area is 152 Å². The predicted molar refractivity (Wildman–Crippen MR) is 99.5 cm³/mol. The number of benzene rings is 2. The molecule has 0 unspecified atom stereocenters. The van der Waals surface area contributed by atoms with Crippen LogP contribution in [0, 0.1) is 0 Å². The summed E-state index contributed by atoms with van der Waals surface area (Å²) in [5.74, 6) is -0.530. The van der Waals surface area contributed by atoms with Gasteiger partial charge in [0.15, 0.2) is 0 Å². The summed E-state index contributed by atoms with van der Waals surface area (Å²) in [5.41, 5.74) is 2.72. The van der Waals surface area contributed by atoms with Crippen LogP contribution in [-0.4, -0.2) is 16.8 Å². The second-order valence-electron chi connectivity index (χ2n) is 5.80. The molecular formula is C21H19N3O2. The standard InChI is InChI=1S/C21H19N3O2/c25-20(23-12-16-7-3-1-4-8-16)18-11-19(15-22-14-18)21(26)24-13-17-9-5-2-6-10-17/h1-11,14-15H,12-13H2,(H,23,25)(H,24,26). The first-order valence-electron chi connectivity index (χ1n) is 8.31. The minimum absolute atomic E-state index is 0.265. The van der Waals surface area contributed by atoms with Gasteiger partial charge in [0.25, 0.3) is 11.8 Å². The van der Waals surface area contributed by atoms with E-state index in [2.05, 4.69) is 15.6 Å². The van der Waals surface area contributed by atoms with Crippen LogP contribution in [0.3, 0.4) is 0 Å². The Morgan fingerprint density at radius 3 is 1.54 bits per heavy atom. The highest BCUT2D eigenvalue weighted by Crippen LogP contribution is 2.05. The number of hydrogen-bond acceptors (Lipinski definition) is 3. The van der Waals surface area contributed by atoms with Gasteiger partial charge in [-0.25, -0.2) is 0 Å². The molecule has 3 aromatic rings. The molecule has 1 heterocycles. The average molecular weight is 345 g/mol. The molecule has 0 spiro atoms. The molecule has 1 aromatic heterocycles. The van der Waals surface area contributed by atoms with Crippen LogP contribution in [0.2, 0.25) is 0 Å². The van der Waals surface area contributed by atoms with E-state index < -0.39 is 0 Å². The summed E-state index contributed by atoms with van der Waals surface area (Å²) in [6, 6.07) is 20.8. The third-order valence-corrected chi connectivity index (χ3v) is 3.85. The molecule has 0 aliphatic rings. The Hall–Kier alpha value is -3.47. The highest BCUT2D eigenvalue weighted by molar-refractivity contribution is 5.99. The van der Waals surface area contributed by atoms with E-state index in [0.29, 0.717) is 24.2 Å². The van der Waals surface area contributed by atoms with E-state index in [-0.39, 0.29) is 11.8 Å². The highest BCUT2D eigenvalue weighted by Gasteiger charge is 2.11. The number of aromatic nitrogens is 1. The Bertz CT molecular complexity index is 809. The van der Waals surface area contributed by atoms with Crippen molar-refractivity contribution in [1.29, 1.82) is 0 Å². The Kier molecular flexibility index (Phi) is 5.72. The third kappa shape index (κ3) is 4.77. The van der Waals surface area contributed by atoms with Gasteiger partial charge < -0.3 is 10.6 Å². The molecule has 2 N–H and O–H groups in total. The number of carbonyl (C=O) groups is 2. The molecule has 5 nitrogen and oxygen atoms in total. The molecule has 0 aliphatic carbocycles. The molecule has 2 aromatic carbocycles. The molecule has 5 heteroatoms. The first-order valence-corrected chi connectivity index (χ1v) is 8.31. The maximum absolute atomic E-state index is 12.3. The van der Waals surface area contributed by atoms with Gasteiger partial charge >= 0.3 is 0 Å². The van der Waals surface area contributed by atoms with E-state index in [9.17, 15) is 9.59 Å². The topological polar surface area (TPSA) is 71.1 Å². The highest BCUT2D eigenvalue weighted by atomic mass is 16.2. The summed E-state index contributed by atoms with van der Waals surface area (Å²) >= 11 is 0. The zero-order chi connectivity index (χ0) is 18.2. The van der Waals surface area contributed by atoms with Crippen LogP contribution in [-0.2, 0) is 13.1 Å². The number of pyridine rings is 1. The largest absolute Gasteiger partial charge is 0.348 e. The molecule has 0 radical (unpaired) electrons. The normalized spacial score (nSPS) is 10.2. The van der Waals surface area contributed by atoms with Crippen LogP contribution >= 0.6 is 0 Å². The summed E-state index contributed by atoms with van der Waals surface area (Å²) in [5, 5.41) is 5.66. The van der Waals surface area contributed by atoms with Crippen LogP contribution in [0.1, 0.15) is 31.8 Å². The van der Waals surface area contributed by atoms with Gasteiger partial charge in [0.05, 0.1) is 11.1 Å². The van der Waals surface area contributed by atoms with Gasteiger partial charge in [-0.3, -0.25) is 14.6 Å². The fourth-order valence-electron chi connectivity index (χ4n) is 2.45. The lowest BCUT2D eigenvalue weighted by Gasteiger charge is -2.08. The zero-order valence-corrected chi connectivity index (χ0v) is 14.2. The van der Waals surface area contributed by atoms with Crippen molar-refractivity contribution in [2.45, 2.75) is 13.1 Å². The molecule has 0 saturated heterocycles. The summed E-state index contributed by atoms with van der Waals surface area (Å²) in [7, 11) is 0. The van der Waals surface area contributed by atoms with E-state index >= 15 is 0 Å². The molecule has 0 fully saturated rings. The minimum atomic E-state index is -0.265. The van der Waals surface area contributed by atoms with E-state index in [1.54, 1.807) is 6.07 Å². The van der Waals surface area contributed by atoms with E-state index in [1.807, 2.05) is 60.7 Å². The van der Waals surface area contributed by atoms with Crippen molar-refractivity contribution in [3.63, 3.8) is 0 Å². The number of nitrogens with one attached hydrogen (secondary N) is 2. The van der Waals surface area contributed by atoms with Crippen LogP contribution < -0.4 is 10.6 Å². The molecule has 130 valence electrons. The predicted octanol–water partition coefficient (Wildman–Crippen LogP) is 2.94. The lowest BCUT2D eigenvalue weighted by atomic mass is 10.1. The van der Waals surface area contributed by atoms with E-state index in [4.69, 9.17) is 0 Å². The van der Waals surface area contributed by atoms with E-state index in [1.165, 1.54) is 12.4 Å². The smallest absolute Gasteiger partial charge is 0.253 e. The van der Waals surface area contributed by atoms with Crippen molar-refractivity contribution >= 4 is 11.8 Å². The number of hydrogen-bond donors (Lipinski definition) is 2. The number of rotatable bonds is 6. The lowest BCUT2D eigenvalue weighted by molar-refractivity contribution is 0.0950. The van der Waals surface area contributed by atoms with Crippen molar-refractivity contribution in [3.8, 4) is 0 Å². The van der Waals surface area contributed by atoms with Crippen LogP contribution in [0.5, 0.6) is 0 Å². The van der Waals surface area contributed by atoms with Gasteiger partial charge in [-0.05, 0) is 17.2 Å². The van der Waals surface area contributed by atoms with Crippen molar-refractivity contribution in [2.75, 3.05) is 0 Å². The fourth-order valence-corrected chi connectivity index (χ4v) is 2.45. The third-order valence-electron chi connectivity index (χ3n) is 3.85. The SMILES string of the molecule is O=C(NCc1ccccc1)c1cncc(C(=O)NCc2ccccc2)c1.